The first-order valence-electron chi connectivity index (χ1n) is 18.5. The minimum atomic E-state index is -1.31. The summed E-state index contributed by atoms with van der Waals surface area (Å²) < 4.78 is 13.8. The second-order valence-electron chi connectivity index (χ2n) is 13.5. The molecule has 8 nitrogen and oxygen atoms in total. The van der Waals surface area contributed by atoms with E-state index in [-0.39, 0.29) is 11.4 Å². The fraction of sp³-hybridized carbons (Fsp3) is 0.106. The van der Waals surface area contributed by atoms with Crippen molar-refractivity contribution in [3.05, 3.63) is 226 Å². The van der Waals surface area contributed by atoms with Crippen molar-refractivity contribution in [1.82, 2.24) is 15.6 Å². The number of aromatic nitrogens is 1. The number of halogens is 1. The average molecular weight is 772 g/mol. The van der Waals surface area contributed by atoms with Gasteiger partial charge in [-0.25, -0.2) is 9.37 Å². The highest BCUT2D eigenvalue weighted by Crippen LogP contribution is 2.42. The van der Waals surface area contributed by atoms with Crippen LogP contribution in [0, 0.1) is 0 Å². The summed E-state index contributed by atoms with van der Waals surface area (Å²) in [5.74, 6) is -1.23. The van der Waals surface area contributed by atoms with E-state index in [0.29, 0.717) is 5.13 Å². The lowest BCUT2D eigenvalue weighted by Gasteiger charge is -2.36. The molecule has 57 heavy (non-hydrogen) atoms. The van der Waals surface area contributed by atoms with E-state index in [4.69, 9.17) is 9.82 Å². The lowest BCUT2D eigenvalue weighted by Crippen LogP contribution is -2.70. The monoisotopic (exact) mass is 771 g/mol. The van der Waals surface area contributed by atoms with Crippen molar-refractivity contribution in [2.75, 3.05) is 12.0 Å². The molecule has 0 saturated carbocycles. The number of carbonyl (C=O) groups is 2. The maximum Gasteiger partial charge on any atom is 0.276 e. The van der Waals surface area contributed by atoms with Gasteiger partial charge in [0.05, 0.1) is 6.04 Å². The number of rotatable bonds is 14. The van der Waals surface area contributed by atoms with Gasteiger partial charge in [0.15, 0.2) is 10.8 Å². The molecule has 2 unspecified atom stereocenters. The molecular formula is C47H38FN5O3S. The van der Waals surface area contributed by atoms with Crippen molar-refractivity contribution >= 4 is 34.0 Å². The fourth-order valence-electron chi connectivity index (χ4n) is 7.32. The number of benzene rings is 6. The van der Waals surface area contributed by atoms with Gasteiger partial charge in [-0.3, -0.25) is 9.59 Å². The van der Waals surface area contributed by atoms with Gasteiger partial charge in [0, 0.05) is 22.1 Å². The molecule has 0 bridgehead atoms. The Hall–Kier alpha value is -6.91. The molecule has 6 aromatic carbocycles. The molecular weight excluding hydrogens is 734 g/mol. The number of alkyl halides is 1. The Labute approximate surface area is 334 Å². The minimum Gasteiger partial charge on any atom is -0.374 e. The van der Waals surface area contributed by atoms with E-state index < -0.39 is 41.7 Å². The first-order valence-corrected chi connectivity index (χ1v) is 19.4. The Balaban J connectivity index is 1.27. The summed E-state index contributed by atoms with van der Waals surface area (Å²) in [5, 5.41) is 15.8. The second-order valence-corrected chi connectivity index (χ2v) is 14.4. The quantitative estimate of drug-likeness (QED) is 0.0448. The van der Waals surface area contributed by atoms with Gasteiger partial charge in [-0.1, -0.05) is 187 Å². The van der Waals surface area contributed by atoms with Crippen LogP contribution < -0.4 is 16.0 Å². The minimum absolute atomic E-state index is 0.187. The highest BCUT2D eigenvalue weighted by atomic mass is 32.1. The zero-order valence-electron chi connectivity index (χ0n) is 30.7. The molecule has 8 rings (SSSR count). The number of nitrogens with zero attached hydrogens (tertiary/aromatic N) is 2. The second kappa shape index (κ2) is 16.4. The summed E-state index contributed by atoms with van der Waals surface area (Å²) in [6.45, 7) is -0.843. The smallest absolute Gasteiger partial charge is 0.276 e. The van der Waals surface area contributed by atoms with Crippen LogP contribution in [0.1, 0.15) is 39.1 Å². The summed E-state index contributed by atoms with van der Waals surface area (Å²) in [6, 6.07) is 57.3. The number of carbonyl (C=O) groups excluding carboxylic acids is 2. The molecule has 1 aliphatic rings. The zero-order valence-corrected chi connectivity index (χ0v) is 31.5. The lowest BCUT2D eigenvalue weighted by molar-refractivity contribution is -0.135. The van der Waals surface area contributed by atoms with E-state index in [1.165, 1.54) is 11.3 Å². The molecule has 2 atom stereocenters. The number of hydrogen-bond acceptors (Lipinski definition) is 7. The van der Waals surface area contributed by atoms with Crippen LogP contribution in [0.2, 0.25) is 0 Å². The number of anilines is 1. The van der Waals surface area contributed by atoms with Gasteiger partial charge in [-0.05, 0) is 16.7 Å². The van der Waals surface area contributed by atoms with Gasteiger partial charge in [0.25, 0.3) is 5.91 Å². The van der Waals surface area contributed by atoms with Crippen LogP contribution >= 0.6 is 11.3 Å². The molecule has 2 amide bonds. The fourth-order valence-corrected chi connectivity index (χ4v) is 8.07. The van der Waals surface area contributed by atoms with Crippen LogP contribution in [0.4, 0.5) is 9.52 Å². The van der Waals surface area contributed by atoms with Crippen LogP contribution in [0.15, 0.2) is 193 Å². The molecule has 0 radical (unpaired) electrons. The maximum absolute atomic E-state index is 14.4. The van der Waals surface area contributed by atoms with E-state index in [1.54, 1.807) is 5.38 Å². The predicted octanol–water partition coefficient (Wildman–Crippen LogP) is 8.21. The van der Waals surface area contributed by atoms with Crippen LogP contribution in [0.3, 0.4) is 0 Å². The van der Waals surface area contributed by atoms with E-state index in [1.807, 2.05) is 146 Å². The van der Waals surface area contributed by atoms with Gasteiger partial charge in [-0.2, -0.15) is 0 Å². The third-order valence-corrected chi connectivity index (χ3v) is 10.9. The van der Waals surface area contributed by atoms with E-state index in [9.17, 15) is 14.0 Å². The summed E-state index contributed by atoms with van der Waals surface area (Å²) in [5.41, 5.74) is 3.02. The van der Waals surface area contributed by atoms with E-state index in [0.717, 1.165) is 33.4 Å². The largest absolute Gasteiger partial charge is 0.374 e. The molecule has 1 saturated heterocycles. The van der Waals surface area contributed by atoms with Gasteiger partial charge in [0.2, 0.25) is 11.5 Å². The molecule has 7 aromatic rings. The Morgan fingerprint density at radius 1 is 0.667 bits per heavy atom. The van der Waals surface area contributed by atoms with Crippen molar-refractivity contribution in [3.63, 3.8) is 0 Å². The summed E-state index contributed by atoms with van der Waals surface area (Å²) >= 11 is 1.29. The Morgan fingerprint density at radius 2 is 1.07 bits per heavy atom. The van der Waals surface area contributed by atoms with Crippen LogP contribution in [0.25, 0.3) is 0 Å². The number of thiazole rings is 1. The molecule has 0 spiro atoms. The SMILES string of the molecule is O=C(NC1C(=O)NC1CF)/C(=N/OC(c1ccccc1)(c1ccccc1)c1ccccc1)c1csc(NC(c2ccccc2)(c2ccccc2)c2ccccc2)n1. The van der Waals surface area contributed by atoms with Crippen LogP contribution in [-0.4, -0.2) is 41.3 Å². The highest BCUT2D eigenvalue weighted by molar-refractivity contribution is 7.14. The molecule has 282 valence electrons. The van der Waals surface area contributed by atoms with Gasteiger partial charge in [0.1, 0.15) is 23.9 Å². The number of amides is 2. The third kappa shape index (κ3) is 7.18. The van der Waals surface area contributed by atoms with Crippen molar-refractivity contribution in [2.45, 2.75) is 23.2 Å². The lowest BCUT2D eigenvalue weighted by atomic mass is 9.77. The van der Waals surface area contributed by atoms with Crippen LogP contribution in [-0.2, 0) is 25.6 Å². The van der Waals surface area contributed by atoms with E-state index in [2.05, 4.69) is 57.5 Å². The topological polar surface area (TPSA) is 105 Å². The Morgan fingerprint density at radius 3 is 1.46 bits per heavy atom. The number of oxime groups is 1. The zero-order chi connectivity index (χ0) is 39.1. The van der Waals surface area contributed by atoms with Crippen molar-refractivity contribution in [3.8, 4) is 0 Å². The molecule has 1 aliphatic heterocycles. The molecule has 3 N–H and O–H groups in total. The summed E-state index contributed by atoms with van der Waals surface area (Å²) in [6.07, 6.45) is 0. The normalized spacial score (nSPS) is 15.5. The van der Waals surface area contributed by atoms with Gasteiger partial charge in [-0.15, -0.1) is 11.3 Å². The number of β-lactam (4-membered cyclic amide) rings is 1. The van der Waals surface area contributed by atoms with Crippen molar-refractivity contribution in [2.24, 2.45) is 5.16 Å². The molecule has 1 fully saturated rings. The number of hydrogen-bond donors (Lipinski definition) is 3. The first-order chi connectivity index (χ1) is 28.0. The van der Waals surface area contributed by atoms with Crippen LogP contribution in [0.5, 0.6) is 0 Å². The predicted molar refractivity (Wildman–Crippen MR) is 222 cm³/mol. The Bertz CT molecular complexity index is 2260. The van der Waals surface area contributed by atoms with Gasteiger partial charge < -0.3 is 20.8 Å². The Kier molecular flexibility index (Phi) is 10.7. The maximum atomic E-state index is 14.4. The standard InChI is InChI=1S/C47H38FN5O3S/c48-31-39-41(43(54)49-39)51-44(55)42(53-56-47(36-25-13-4-14-26-36,37-27-15-5-16-28-37)38-29-17-6-18-30-38)40-32-57-45(50-40)52-46(33-19-7-1-8-20-33,34-21-9-2-10-22-34)35-23-11-3-12-24-35/h1-30,32,39,41H,31H2,(H,49,54)(H,50,52)(H,51,55)/b53-42+. The summed E-state index contributed by atoms with van der Waals surface area (Å²) in [7, 11) is 0. The highest BCUT2D eigenvalue weighted by Gasteiger charge is 2.43. The molecule has 10 heteroatoms. The van der Waals surface area contributed by atoms with Crippen molar-refractivity contribution < 1.29 is 18.8 Å². The molecule has 2 heterocycles. The van der Waals surface area contributed by atoms with Crippen molar-refractivity contribution in [1.29, 1.82) is 0 Å². The molecule has 0 aliphatic carbocycles. The van der Waals surface area contributed by atoms with E-state index >= 15 is 0 Å². The average Bonchev–Trinajstić information content (AvgIpc) is 3.75. The molecule has 1 aromatic heterocycles. The first kappa shape index (κ1) is 37.0. The number of nitrogens with one attached hydrogen (secondary N) is 3. The summed E-state index contributed by atoms with van der Waals surface area (Å²) in [4.78, 5) is 38.6. The van der Waals surface area contributed by atoms with Gasteiger partial charge >= 0.3 is 0 Å². The third-order valence-electron chi connectivity index (χ3n) is 10.2.